The zero-order valence-electron chi connectivity index (χ0n) is 15.2. The third-order valence-corrected chi connectivity index (χ3v) is 3.93. The molecule has 1 atom stereocenters. The molecule has 6 heteroatoms. The van der Waals surface area contributed by atoms with Crippen molar-refractivity contribution in [1.29, 1.82) is 0 Å². The van der Waals surface area contributed by atoms with E-state index >= 15 is 0 Å². The lowest BCUT2D eigenvalue weighted by Crippen LogP contribution is -2.36. The Morgan fingerprint density at radius 2 is 1.67 bits per heavy atom. The van der Waals surface area contributed by atoms with Crippen LogP contribution in [0.1, 0.15) is 63.5 Å². The summed E-state index contributed by atoms with van der Waals surface area (Å²) in [7, 11) is 0. The van der Waals surface area contributed by atoms with Crippen LogP contribution in [0.5, 0.6) is 0 Å². The van der Waals surface area contributed by atoms with Gasteiger partial charge in [-0.25, -0.2) is 0 Å². The second kappa shape index (κ2) is 9.27. The maximum absolute atomic E-state index is 12.5. The Bertz CT molecular complexity index is 551. The lowest BCUT2D eigenvalue weighted by molar-refractivity contribution is -0.117. The number of hydrogen-bond acceptors (Lipinski definition) is 3. The first kappa shape index (κ1) is 20.0. The standard InChI is InChI=1S/C18H31N5O/c1-11(2)13-7-5-8-14(12(3)4)16(13)23-17(24)15(19)9-6-10-22-18(20)21/h5,7-8,11-12,15H,6,9-10,19H2,1-4H3,(H,23,24)(H4,20,21,22)/t15-/m0/s1. The fraction of sp³-hybridized carbons (Fsp3) is 0.556. The van der Waals surface area contributed by atoms with Gasteiger partial charge in [0.15, 0.2) is 5.96 Å². The van der Waals surface area contributed by atoms with Crippen LogP contribution in [0, 0.1) is 0 Å². The van der Waals surface area contributed by atoms with Gasteiger partial charge < -0.3 is 22.5 Å². The molecule has 0 radical (unpaired) electrons. The van der Waals surface area contributed by atoms with Gasteiger partial charge in [-0.05, 0) is 35.8 Å². The van der Waals surface area contributed by atoms with E-state index in [0.717, 1.165) is 16.8 Å². The van der Waals surface area contributed by atoms with Crippen molar-refractivity contribution in [3.8, 4) is 0 Å². The smallest absolute Gasteiger partial charge is 0.241 e. The normalized spacial score (nSPS) is 12.3. The van der Waals surface area contributed by atoms with Crippen LogP contribution < -0.4 is 22.5 Å². The lowest BCUT2D eigenvalue weighted by atomic mass is 9.92. The van der Waals surface area contributed by atoms with E-state index in [1.54, 1.807) is 0 Å². The second-order valence-corrected chi connectivity index (χ2v) is 6.67. The summed E-state index contributed by atoms with van der Waals surface area (Å²) in [4.78, 5) is 16.4. The molecule has 7 N–H and O–H groups in total. The molecule has 0 saturated carbocycles. The summed E-state index contributed by atoms with van der Waals surface area (Å²) in [6.07, 6.45) is 1.19. The van der Waals surface area contributed by atoms with E-state index in [4.69, 9.17) is 17.2 Å². The van der Waals surface area contributed by atoms with Gasteiger partial charge in [0.1, 0.15) is 0 Å². The number of carbonyl (C=O) groups excluding carboxylic acids is 1. The first-order chi connectivity index (χ1) is 11.2. The van der Waals surface area contributed by atoms with Crippen LogP contribution in [0.3, 0.4) is 0 Å². The van der Waals surface area contributed by atoms with Crippen LogP contribution in [0.15, 0.2) is 23.2 Å². The molecule has 0 aliphatic carbocycles. The predicted octanol–water partition coefficient (Wildman–Crippen LogP) is 2.25. The maximum atomic E-state index is 12.5. The van der Waals surface area contributed by atoms with Gasteiger partial charge in [0.05, 0.1) is 6.04 Å². The van der Waals surface area contributed by atoms with E-state index < -0.39 is 6.04 Å². The molecule has 0 aliphatic rings. The largest absolute Gasteiger partial charge is 0.370 e. The van der Waals surface area contributed by atoms with Gasteiger partial charge in [-0.1, -0.05) is 45.9 Å². The average molecular weight is 333 g/mol. The van der Waals surface area contributed by atoms with Crippen molar-refractivity contribution in [3.05, 3.63) is 29.3 Å². The third kappa shape index (κ3) is 5.85. The Kier molecular flexibility index (Phi) is 7.71. The van der Waals surface area contributed by atoms with Crippen molar-refractivity contribution in [1.82, 2.24) is 0 Å². The molecule has 6 nitrogen and oxygen atoms in total. The number of rotatable bonds is 8. The van der Waals surface area contributed by atoms with E-state index in [1.165, 1.54) is 0 Å². The van der Waals surface area contributed by atoms with Crippen LogP contribution in [-0.4, -0.2) is 24.5 Å². The van der Waals surface area contributed by atoms with Gasteiger partial charge in [0, 0.05) is 12.2 Å². The number of nitrogens with zero attached hydrogens (tertiary/aromatic N) is 1. The number of hydrogen-bond donors (Lipinski definition) is 4. The van der Waals surface area contributed by atoms with Crippen LogP contribution in [0.25, 0.3) is 0 Å². The van der Waals surface area contributed by atoms with Crippen molar-refractivity contribution < 1.29 is 4.79 Å². The molecule has 0 spiro atoms. The Morgan fingerprint density at radius 1 is 1.12 bits per heavy atom. The number of guanidine groups is 1. The Labute approximate surface area is 144 Å². The van der Waals surface area contributed by atoms with E-state index in [-0.39, 0.29) is 11.9 Å². The van der Waals surface area contributed by atoms with Gasteiger partial charge in [0.25, 0.3) is 0 Å². The number of carbonyl (C=O) groups is 1. The molecule has 0 fully saturated rings. The molecule has 0 heterocycles. The molecule has 0 aliphatic heterocycles. The van der Waals surface area contributed by atoms with Crippen molar-refractivity contribution >= 4 is 17.6 Å². The summed E-state index contributed by atoms with van der Waals surface area (Å²) in [5.74, 6) is 0.518. The highest BCUT2D eigenvalue weighted by Gasteiger charge is 2.19. The fourth-order valence-electron chi connectivity index (χ4n) is 2.56. The molecule has 1 aromatic carbocycles. The van der Waals surface area contributed by atoms with Crippen molar-refractivity contribution in [2.75, 3.05) is 11.9 Å². The third-order valence-electron chi connectivity index (χ3n) is 3.93. The summed E-state index contributed by atoms with van der Waals surface area (Å²) in [5, 5.41) is 3.04. The number of para-hydroxylation sites is 1. The molecule has 1 rings (SSSR count). The van der Waals surface area contributed by atoms with Gasteiger partial charge in [0.2, 0.25) is 5.91 Å². The Hall–Kier alpha value is -2.08. The van der Waals surface area contributed by atoms with Crippen molar-refractivity contribution in [3.63, 3.8) is 0 Å². The molecule has 134 valence electrons. The van der Waals surface area contributed by atoms with Crippen LogP contribution >= 0.6 is 0 Å². The number of aliphatic imine (C=N–C) groups is 1. The van der Waals surface area contributed by atoms with Crippen LogP contribution in [0.2, 0.25) is 0 Å². The molecule has 1 aromatic rings. The quantitative estimate of drug-likeness (QED) is 0.331. The number of nitrogens with two attached hydrogens (primary N) is 3. The Balaban J connectivity index is 2.83. The molecule has 1 amide bonds. The summed E-state index contributed by atoms with van der Waals surface area (Å²) in [6, 6.07) is 5.56. The fourth-order valence-corrected chi connectivity index (χ4v) is 2.56. The van der Waals surface area contributed by atoms with Crippen molar-refractivity contribution in [2.24, 2.45) is 22.2 Å². The minimum absolute atomic E-state index is 0.0560. The van der Waals surface area contributed by atoms with Gasteiger partial charge in [-0.3, -0.25) is 9.79 Å². The summed E-state index contributed by atoms with van der Waals surface area (Å²) < 4.78 is 0. The monoisotopic (exact) mass is 333 g/mol. The van der Waals surface area contributed by atoms with Gasteiger partial charge in [-0.2, -0.15) is 0 Å². The van der Waals surface area contributed by atoms with Crippen LogP contribution in [0.4, 0.5) is 5.69 Å². The molecule has 0 bridgehead atoms. The number of anilines is 1. The average Bonchev–Trinajstić information content (AvgIpc) is 2.50. The minimum Gasteiger partial charge on any atom is -0.370 e. The predicted molar refractivity (Wildman–Crippen MR) is 101 cm³/mol. The first-order valence-electron chi connectivity index (χ1n) is 8.48. The second-order valence-electron chi connectivity index (χ2n) is 6.67. The maximum Gasteiger partial charge on any atom is 0.241 e. The van der Waals surface area contributed by atoms with E-state index in [2.05, 4.69) is 50.1 Å². The highest BCUT2D eigenvalue weighted by molar-refractivity contribution is 5.96. The lowest BCUT2D eigenvalue weighted by Gasteiger charge is -2.21. The topological polar surface area (TPSA) is 120 Å². The zero-order chi connectivity index (χ0) is 18.3. The van der Waals surface area contributed by atoms with E-state index in [9.17, 15) is 4.79 Å². The zero-order valence-corrected chi connectivity index (χ0v) is 15.2. The van der Waals surface area contributed by atoms with Crippen LogP contribution in [-0.2, 0) is 4.79 Å². The summed E-state index contributed by atoms with van der Waals surface area (Å²) in [6.45, 7) is 8.94. The molecule has 0 unspecified atom stereocenters. The highest BCUT2D eigenvalue weighted by atomic mass is 16.2. The number of amides is 1. The molecule has 0 saturated heterocycles. The molecular weight excluding hydrogens is 302 g/mol. The number of nitrogens with one attached hydrogen (secondary N) is 1. The number of benzene rings is 1. The van der Waals surface area contributed by atoms with E-state index in [0.29, 0.717) is 31.2 Å². The molecular formula is C18H31N5O. The first-order valence-corrected chi connectivity index (χ1v) is 8.48. The van der Waals surface area contributed by atoms with Crippen molar-refractivity contribution in [2.45, 2.75) is 58.4 Å². The summed E-state index contributed by atoms with van der Waals surface area (Å²) >= 11 is 0. The SMILES string of the molecule is CC(C)c1cccc(C(C)C)c1NC(=O)[C@@H](N)CCCN=C(N)N. The minimum atomic E-state index is -0.584. The molecule has 24 heavy (non-hydrogen) atoms. The van der Waals surface area contributed by atoms with Gasteiger partial charge >= 0.3 is 0 Å². The highest BCUT2D eigenvalue weighted by Crippen LogP contribution is 2.32. The van der Waals surface area contributed by atoms with Gasteiger partial charge in [-0.15, -0.1) is 0 Å². The molecule has 0 aromatic heterocycles. The Morgan fingerprint density at radius 3 is 2.12 bits per heavy atom. The summed E-state index contributed by atoms with van der Waals surface area (Å²) in [5.41, 5.74) is 19.7. The van der Waals surface area contributed by atoms with E-state index in [1.807, 2.05) is 6.07 Å².